The van der Waals surface area contributed by atoms with Crippen molar-refractivity contribution < 1.29 is 0 Å². The van der Waals surface area contributed by atoms with Crippen LogP contribution in [0.1, 0.15) is 119 Å². The van der Waals surface area contributed by atoms with Crippen LogP contribution < -0.4 is 0 Å². The number of rotatable bonds is 2. The van der Waals surface area contributed by atoms with E-state index in [0.29, 0.717) is 5.92 Å². The zero-order chi connectivity index (χ0) is 17.4. The van der Waals surface area contributed by atoms with Gasteiger partial charge in [0.05, 0.1) is 0 Å². The van der Waals surface area contributed by atoms with E-state index in [9.17, 15) is 0 Å². The summed E-state index contributed by atoms with van der Waals surface area (Å²) in [5.41, 5.74) is 6.88. The first-order valence-corrected chi connectivity index (χ1v) is 10.9. The molecule has 0 spiro atoms. The number of benzene rings is 1. The highest BCUT2D eigenvalue weighted by Gasteiger charge is 2.34. The highest BCUT2D eigenvalue weighted by Crippen LogP contribution is 2.46. The fraction of sp³-hybridized carbons (Fsp3) is 0.680. The van der Waals surface area contributed by atoms with Crippen LogP contribution in [0.2, 0.25) is 0 Å². The van der Waals surface area contributed by atoms with E-state index >= 15 is 0 Å². The molecular weight excluding hydrogens is 300 g/mol. The lowest BCUT2D eigenvalue weighted by atomic mass is 9.66. The topological polar surface area (TPSA) is 0 Å². The van der Waals surface area contributed by atoms with Gasteiger partial charge in [-0.25, -0.2) is 0 Å². The lowest BCUT2D eigenvalue weighted by Crippen LogP contribution is -2.30. The smallest absolute Gasteiger partial charge is 0.00372 e. The Labute approximate surface area is 155 Å². The Bertz CT molecular complexity index is 636. The fourth-order valence-electron chi connectivity index (χ4n) is 5.57. The van der Waals surface area contributed by atoms with Crippen molar-refractivity contribution in [1.82, 2.24) is 0 Å². The summed E-state index contributed by atoms with van der Waals surface area (Å²) in [4.78, 5) is 0. The molecule has 0 heteroatoms. The summed E-state index contributed by atoms with van der Waals surface area (Å²) in [7, 11) is 0. The van der Waals surface area contributed by atoms with Crippen molar-refractivity contribution >= 4 is 6.08 Å². The molecule has 2 saturated carbocycles. The van der Waals surface area contributed by atoms with E-state index in [-0.39, 0.29) is 5.41 Å². The quantitative estimate of drug-likeness (QED) is 0.518. The third-order valence-corrected chi connectivity index (χ3v) is 7.74. The van der Waals surface area contributed by atoms with Crippen LogP contribution >= 0.6 is 0 Å². The van der Waals surface area contributed by atoms with Gasteiger partial charge >= 0.3 is 0 Å². The highest BCUT2D eigenvalue weighted by molar-refractivity contribution is 5.65. The molecule has 1 aromatic carbocycles. The molecule has 0 N–H and O–H groups in total. The molecule has 136 valence electrons. The van der Waals surface area contributed by atoms with Gasteiger partial charge in [0.25, 0.3) is 0 Å². The van der Waals surface area contributed by atoms with E-state index in [0.717, 1.165) is 11.8 Å². The summed E-state index contributed by atoms with van der Waals surface area (Å²) in [6.45, 7) is 7.33. The van der Waals surface area contributed by atoms with Crippen LogP contribution in [0.5, 0.6) is 0 Å². The van der Waals surface area contributed by atoms with Crippen LogP contribution in [0.25, 0.3) is 6.08 Å². The van der Waals surface area contributed by atoms with Crippen molar-refractivity contribution in [3.05, 3.63) is 40.5 Å². The molecule has 25 heavy (non-hydrogen) atoms. The first-order chi connectivity index (χ1) is 12.1. The van der Waals surface area contributed by atoms with Gasteiger partial charge in [0, 0.05) is 0 Å². The van der Waals surface area contributed by atoms with E-state index in [1.54, 1.807) is 22.3 Å². The van der Waals surface area contributed by atoms with E-state index in [4.69, 9.17) is 0 Å². The van der Waals surface area contributed by atoms with Crippen molar-refractivity contribution in [2.75, 3.05) is 0 Å². The molecule has 1 aromatic rings. The Morgan fingerprint density at radius 3 is 2.04 bits per heavy atom. The lowest BCUT2D eigenvalue weighted by Gasteiger charge is -2.39. The molecule has 3 aliphatic carbocycles. The average molecular weight is 337 g/mol. The number of hydrogen-bond acceptors (Lipinski definition) is 0. The van der Waals surface area contributed by atoms with Gasteiger partial charge in [0.2, 0.25) is 0 Å². The predicted octanol–water partition coefficient (Wildman–Crippen LogP) is 7.72. The molecule has 0 nitrogen and oxygen atoms in total. The Balaban J connectivity index is 1.82. The molecule has 0 saturated heterocycles. The second-order valence-corrected chi connectivity index (χ2v) is 9.61. The molecule has 1 unspecified atom stereocenters. The van der Waals surface area contributed by atoms with Crippen LogP contribution in [-0.4, -0.2) is 0 Å². The Kier molecular flexibility index (Phi) is 4.82. The van der Waals surface area contributed by atoms with Crippen LogP contribution in [-0.2, 0) is 5.41 Å². The first-order valence-electron chi connectivity index (χ1n) is 10.9. The third-order valence-electron chi connectivity index (χ3n) is 7.74. The van der Waals surface area contributed by atoms with Gasteiger partial charge < -0.3 is 0 Å². The van der Waals surface area contributed by atoms with E-state index < -0.39 is 0 Å². The molecule has 3 aliphatic rings. The van der Waals surface area contributed by atoms with E-state index in [2.05, 4.69) is 45.1 Å². The van der Waals surface area contributed by atoms with Gasteiger partial charge in [-0.3, -0.25) is 0 Å². The summed E-state index contributed by atoms with van der Waals surface area (Å²) in [6, 6.07) is 5.28. The largest absolute Gasteiger partial charge is 0.0802 e. The molecule has 0 aliphatic heterocycles. The van der Waals surface area contributed by atoms with Crippen LogP contribution in [0, 0.1) is 5.92 Å². The minimum absolute atomic E-state index is 0.262. The van der Waals surface area contributed by atoms with E-state index in [1.165, 1.54) is 64.2 Å². The highest BCUT2D eigenvalue weighted by atomic mass is 14.4. The monoisotopic (exact) mass is 336 g/mol. The lowest BCUT2D eigenvalue weighted by molar-refractivity contribution is 0.397. The molecule has 0 heterocycles. The van der Waals surface area contributed by atoms with Gasteiger partial charge in [-0.15, -0.1) is 0 Å². The summed E-state index contributed by atoms with van der Waals surface area (Å²) < 4.78 is 0. The van der Waals surface area contributed by atoms with Crippen molar-refractivity contribution in [3.63, 3.8) is 0 Å². The van der Waals surface area contributed by atoms with E-state index in [1.807, 2.05) is 0 Å². The van der Waals surface area contributed by atoms with Gasteiger partial charge in [0.15, 0.2) is 0 Å². The zero-order valence-electron chi connectivity index (χ0n) is 16.6. The van der Waals surface area contributed by atoms with Crippen molar-refractivity contribution in [1.29, 1.82) is 0 Å². The maximum Gasteiger partial charge on any atom is -0.00372 e. The second-order valence-electron chi connectivity index (χ2n) is 9.61. The average Bonchev–Trinajstić information content (AvgIpc) is 2.66. The Hall–Kier alpha value is -1.04. The normalized spacial score (nSPS) is 27.2. The third kappa shape index (κ3) is 3.22. The van der Waals surface area contributed by atoms with Crippen LogP contribution in [0.15, 0.2) is 18.2 Å². The van der Waals surface area contributed by atoms with Gasteiger partial charge in [-0.05, 0) is 71.1 Å². The summed E-state index contributed by atoms with van der Waals surface area (Å²) in [6.07, 6.45) is 19.2. The molecule has 0 amide bonds. The summed E-state index contributed by atoms with van der Waals surface area (Å²) >= 11 is 0. The van der Waals surface area contributed by atoms with Gasteiger partial charge in [-0.2, -0.15) is 0 Å². The number of hydrogen-bond donors (Lipinski definition) is 0. The molecule has 1 atom stereocenters. The zero-order valence-corrected chi connectivity index (χ0v) is 16.6. The molecule has 0 radical (unpaired) electrons. The maximum atomic E-state index is 2.65. The second kappa shape index (κ2) is 6.93. The maximum absolute atomic E-state index is 2.65. The minimum Gasteiger partial charge on any atom is -0.0802 e. The van der Waals surface area contributed by atoms with Crippen molar-refractivity contribution in [2.45, 2.75) is 102 Å². The number of fused-ring (bicyclic) bond motifs is 1. The number of allylic oxidation sites excluding steroid dienone is 1. The van der Waals surface area contributed by atoms with Crippen LogP contribution in [0.3, 0.4) is 0 Å². The first kappa shape index (κ1) is 17.4. The standard InChI is InChI=1S/C25H36/c1-18-14-15-22-23(20-12-8-5-9-13-20)16-21(17-24(22)25(18,2)3)19-10-6-4-7-11-19/h14-20H,4-13H2,1-3H3. The van der Waals surface area contributed by atoms with Crippen LogP contribution in [0.4, 0.5) is 0 Å². The molecule has 2 fully saturated rings. The summed E-state index contributed by atoms with van der Waals surface area (Å²) in [5.74, 6) is 2.25. The molecular formula is C25H36. The summed E-state index contributed by atoms with van der Waals surface area (Å²) in [5, 5.41) is 0. The Morgan fingerprint density at radius 2 is 1.40 bits per heavy atom. The van der Waals surface area contributed by atoms with Gasteiger partial charge in [-0.1, -0.05) is 83.6 Å². The Morgan fingerprint density at radius 1 is 0.800 bits per heavy atom. The van der Waals surface area contributed by atoms with Crippen molar-refractivity contribution in [2.24, 2.45) is 5.92 Å². The SMILES string of the molecule is CC1C=Cc2c(C3CCCCC3)cc(C3CCCCC3)cc2C1(C)C. The van der Waals surface area contributed by atoms with Crippen molar-refractivity contribution in [3.8, 4) is 0 Å². The minimum atomic E-state index is 0.262. The van der Waals surface area contributed by atoms with Gasteiger partial charge in [0.1, 0.15) is 0 Å². The molecule has 0 bridgehead atoms. The fourth-order valence-corrected chi connectivity index (χ4v) is 5.57. The molecule has 4 rings (SSSR count). The molecule has 0 aromatic heterocycles. The predicted molar refractivity (Wildman–Crippen MR) is 109 cm³/mol.